The van der Waals surface area contributed by atoms with Crippen LogP contribution in [0, 0.1) is 5.82 Å². The van der Waals surface area contributed by atoms with Crippen molar-refractivity contribution in [2.24, 2.45) is 0 Å². The van der Waals surface area contributed by atoms with E-state index in [0.29, 0.717) is 29.0 Å². The predicted octanol–water partition coefficient (Wildman–Crippen LogP) is 3.45. The Morgan fingerprint density at radius 3 is 2.78 bits per heavy atom. The van der Waals surface area contributed by atoms with Crippen molar-refractivity contribution >= 4 is 28.2 Å². The summed E-state index contributed by atoms with van der Waals surface area (Å²) in [6.45, 7) is 0.389. The molecule has 0 aliphatic carbocycles. The lowest BCUT2D eigenvalue weighted by Crippen LogP contribution is -2.13. The van der Waals surface area contributed by atoms with Gasteiger partial charge in [0.05, 0.1) is 35.8 Å². The Morgan fingerprint density at radius 1 is 1.11 bits per heavy atom. The van der Waals surface area contributed by atoms with Crippen LogP contribution in [-0.4, -0.2) is 20.7 Å². The number of carbonyl (C=O) groups is 1. The molecular weight excluding hydrogens is 345 g/mol. The fraction of sp³-hybridized carbons (Fsp3) is 0.0500. The standard InChI is InChI=1S/C20H16FN5O/c21-16-7-13(9-23-11-16)12-26-19-6-5-14(8-15(19)10-24-26)20(27)25-18-4-2-1-3-17(18)22/h1-11H,12,22H2,(H,25,27). The van der Waals surface area contributed by atoms with Crippen molar-refractivity contribution in [1.82, 2.24) is 14.8 Å². The zero-order chi connectivity index (χ0) is 18.8. The van der Waals surface area contributed by atoms with E-state index in [1.807, 2.05) is 6.07 Å². The lowest BCUT2D eigenvalue weighted by molar-refractivity contribution is 0.102. The number of hydrogen-bond acceptors (Lipinski definition) is 4. The molecule has 0 unspecified atom stereocenters. The molecule has 0 aliphatic rings. The molecule has 1 amide bonds. The Labute approximate surface area is 154 Å². The van der Waals surface area contributed by atoms with Crippen LogP contribution >= 0.6 is 0 Å². The lowest BCUT2D eigenvalue weighted by Gasteiger charge is -2.08. The number of carbonyl (C=O) groups excluding carboxylic acids is 1. The van der Waals surface area contributed by atoms with E-state index in [1.54, 1.807) is 53.5 Å². The Kier molecular flexibility index (Phi) is 4.25. The van der Waals surface area contributed by atoms with Crippen LogP contribution in [0.3, 0.4) is 0 Å². The maximum absolute atomic E-state index is 13.3. The quantitative estimate of drug-likeness (QED) is 0.545. The second kappa shape index (κ2) is 6.87. The number of amides is 1. The van der Waals surface area contributed by atoms with Crippen molar-refractivity contribution in [3.8, 4) is 0 Å². The summed E-state index contributed by atoms with van der Waals surface area (Å²) in [4.78, 5) is 16.4. The van der Waals surface area contributed by atoms with E-state index in [4.69, 9.17) is 5.73 Å². The largest absolute Gasteiger partial charge is 0.397 e. The first-order valence-electron chi connectivity index (χ1n) is 8.31. The van der Waals surface area contributed by atoms with Crippen LogP contribution in [0.25, 0.3) is 10.9 Å². The molecule has 0 saturated heterocycles. The molecule has 0 atom stereocenters. The molecule has 0 fully saturated rings. The third-order valence-electron chi connectivity index (χ3n) is 4.21. The van der Waals surface area contributed by atoms with Gasteiger partial charge < -0.3 is 11.1 Å². The number of nitrogens with one attached hydrogen (secondary N) is 1. The highest BCUT2D eigenvalue weighted by Crippen LogP contribution is 2.21. The molecule has 4 aromatic rings. The Hall–Kier alpha value is -3.74. The number of halogens is 1. The van der Waals surface area contributed by atoms with Gasteiger partial charge in [0, 0.05) is 17.1 Å². The number of fused-ring (bicyclic) bond motifs is 1. The zero-order valence-electron chi connectivity index (χ0n) is 14.3. The number of pyridine rings is 1. The van der Waals surface area contributed by atoms with Gasteiger partial charge in [0.1, 0.15) is 5.82 Å². The minimum Gasteiger partial charge on any atom is -0.397 e. The molecule has 0 radical (unpaired) electrons. The summed E-state index contributed by atoms with van der Waals surface area (Å²) >= 11 is 0. The average Bonchev–Trinajstić information content (AvgIpc) is 3.06. The van der Waals surface area contributed by atoms with Crippen molar-refractivity contribution in [3.63, 3.8) is 0 Å². The van der Waals surface area contributed by atoms with Crippen molar-refractivity contribution in [2.75, 3.05) is 11.1 Å². The lowest BCUT2D eigenvalue weighted by atomic mass is 10.1. The van der Waals surface area contributed by atoms with Crippen molar-refractivity contribution in [3.05, 3.63) is 84.1 Å². The number of rotatable bonds is 4. The normalized spacial score (nSPS) is 10.9. The number of nitrogen functional groups attached to an aromatic ring is 1. The average molecular weight is 361 g/mol. The molecule has 0 spiro atoms. The van der Waals surface area contributed by atoms with E-state index >= 15 is 0 Å². The number of aromatic nitrogens is 3. The molecule has 0 saturated carbocycles. The highest BCUT2D eigenvalue weighted by molar-refractivity contribution is 6.07. The van der Waals surface area contributed by atoms with Gasteiger partial charge in [-0.15, -0.1) is 0 Å². The number of nitrogens with zero attached hydrogens (tertiary/aromatic N) is 3. The second-order valence-electron chi connectivity index (χ2n) is 6.13. The van der Waals surface area contributed by atoms with Crippen LogP contribution in [-0.2, 0) is 6.54 Å². The van der Waals surface area contributed by atoms with E-state index in [9.17, 15) is 9.18 Å². The number of nitrogens with two attached hydrogens (primary N) is 1. The second-order valence-corrected chi connectivity index (χ2v) is 6.13. The Morgan fingerprint density at radius 2 is 1.96 bits per heavy atom. The summed E-state index contributed by atoms with van der Waals surface area (Å²) in [5, 5.41) is 7.95. The summed E-state index contributed by atoms with van der Waals surface area (Å²) in [6.07, 6.45) is 4.44. The summed E-state index contributed by atoms with van der Waals surface area (Å²) in [5.41, 5.74) is 8.98. The van der Waals surface area contributed by atoms with Crippen LogP contribution in [0.5, 0.6) is 0 Å². The molecule has 6 nitrogen and oxygen atoms in total. The fourth-order valence-electron chi connectivity index (χ4n) is 2.87. The van der Waals surface area contributed by atoms with Gasteiger partial charge in [0.25, 0.3) is 5.91 Å². The van der Waals surface area contributed by atoms with E-state index in [2.05, 4.69) is 15.4 Å². The Balaban J connectivity index is 1.58. The predicted molar refractivity (Wildman–Crippen MR) is 102 cm³/mol. The summed E-state index contributed by atoms with van der Waals surface area (Å²) in [6, 6.07) is 13.8. The molecular formula is C20H16FN5O. The van der Waals surface area contributed by atoms with Crippen LogP contribution < -0.4 is 11.1 Å². The monoisotopic (exact) mass is 361 g/mol. The van der Waals surface area contributed by atoms with Crippen LogP contribution in [0.15, 0.2) is 67.1 Å². The number of hydrogen-bond donors (Lipinski definition) is 2. The topological polar surface area (TPSA) is 85.8 Å². The van der Waals surface area contributed by atoms with Gasteiger partial charge in [-0.2, -0.15) is 5.10 Å². The maximum Gasteiger partial charge on any atom is 0.255 e. The van der Waals surface area contributed by atoms with E-state index < -0.39 is 0 Å². The first-order valence-corrected chi connectivity index (χ1v) is 8.31. The first kappa shape index (κ1) is 16.7. The van der Waals surface area contributed by atoms with E-state index in [0.717, 1.165) is 17.1 Å². The summed E-state index contributed by atoms with van der Waals surface area (Å²) in [7, 11) is 0. The smallest absolute Gasteiger partial charge is 0.255 e. The van der Waals surface area contributed by atoms with Crippen molar-refractivity contribution in [2.45, 2.75) is 6.54 Å². The third-order valence-corrected chi connectivity index (χ3v) is 4.21. The van der Waals surface area contributed by atoms with E-state index in [1.165, 1.54) is 6.07 Å². The van der Waals surface area contributed by atoms with Gasteiger partial charge in [0.15, 0.2) is 0 Å². The van der Waals surface area contributed by atoms with Gasteiger partial charge >= 0.3 is 0 Å². The van der Waals surface area contributed by atoms with Gasteiger partial charge in [-0.3, -0.25) is 14.5 Å². The molecule has 7 heteroatoms. The first-order chi connectivity index (χ1) is 13.1. The van der Waals surface area contributed by atoms with Crippen LogP contribution in [0.1, 0.15) is 15.9 Å². The highest BCUT2D eigenvalue weighted by Gasteiger charge is 2.11. The number of anilines is 2. The molecule has 2 heterocycles. The Bertz CT molecular complexity index is 1140. The SMILES string of the molecule is Nc1ccccc1NC(=O)c1ccc2c(cnn2Cc2cncc(F)c2)c1. The fourth-order valence-corrected chi connectivity index (χ4v) is 2.87. The number of para-hydroxylation sites is 2. The molecule has 2 aromatic carbocycles. The van der Waals surface area contributed by atoms with Crippen molar-refractivity contribution in [1.29, 1.82) is 0 Å². The van der Waals surface area contributed by atoms with Gasteiger partial charge in [-0.25, -0.2) is 4.39 Å². The third kappa shape index (κ3) is 3.48. The number of benzene rings is 2. The zero-order valence-corrected chi connectivity index (χ0v) is 14.3. The van der Waals surface area contributed by atoms with Gasteiger partial charge in [-0.05, 0) is 42.0 Å². The summed E-state index contributed by atoms with van der Waals surface area (Å²) < 4.78 is 15.1. The van der Waals surface area contributed by atoms with Gasteiger partial charge in [0.2, 0.25) is 0 Å². The van der Waals surface area contributed by atoms with Crippen molar-refractivity contribution < 1.29 is 9.18 Å². The molecule has 27 heavy (non-hydrogen) atoms. The van der Waals surface area contributed by atoms with Gasteiger partial charge in [-0.1, -0.05) is 12.1 Å². The molecule has 2 aromatic heterocycles. The minimum atomic E-state index is -0.386. The van der Waals surface area contributed by atoms with Crippen LogP contribution in [0.2, 0.25) is 0 Å². The van der Waals surface area contributed by atoms with E-state index in [-0.39, 0.29) is 11.7 Å². The molecule has 4 rings (SSSR count). The van der Waals surface area contributed by atoms with Crippen LogP contribution in [0.4, 0.5) is 15.8 Å². The molecule has 0 aliphatic heterocycles. The molecule has 0 bridgehead atoms. The highest BCUT2D eigenvalue weighted by atomic mass is 19.1. The maximum atomic E-state index is 13.3. The molecule has 134 valence electrons. The molecule has 3 N–H and O–H groups in total. The summed E-state index contributed by atoms with van der Waals surface area (Å²) in [5.74, 6) is -0.639. The minimum absolute atomic E-state index is 0.253.